The number of nitrogens with two attached hydrogens (primary N) is 1. The molecule has 0 aromatic carbocycles. The Balaban J connectivity index is 2.21. The number of aryl methyl sites for hydroxylation is 2. The van der Waals surface area contributed by atoms with E-state index in [2.05, 4.69) is 26.0 Å². The predicted octanol–water partition coefficient (Wildman–Crippen LogP) is 2.78. The minimum atomic E-state index is -0.173. The number of hydrogen-bond acceptors (Lipinski definition) is 3. The van der Waals surface area contributed by atoms with Gasteiger partial charge in [-0.2, -0.15) is 5.10 Å². The average molecular weight is 330 g/mol. The lowest BCUT2D eigenvalue weighted by atomic mass is 10.1. The molecular weight excluding hydrogens is 316 g/mol. The van der Waals surface area contributed by atoms with Crippen LogP contribution >= 0.6 is 27.5 Å². The normalized spacial score (nSPS) is 12.7. The fourth-order valence-electron chi connectivity index (χ4n) is 1.82. The van der Waals surface area contributed by atoms with Gasteiger partial charge in [-0.15, -0.1) is 0 Å². The van der Waals surface area contributed by atoms with E-state index in [1.54, 1.807) is 12.3 Å². The Hall–Kier alpha value is -0.910. The van der Waals surface area contributed by atoms with E-state index < -0.39 is 0 Å². The van der Waals surface area contributed by atoms with Gasteiger partial charge in [0.15, 0.2) is 0 Å². The summed E-state index contributed by atoms with van der Waals surface area (Å²) in [6.07, 6.45) is 2.28. The van der Waals surface area contributed by atoms with E-state index in [9.17, 15) is 0 Å². The molecule has 0 saturated carbocycles. The maximum atomic E-state index is 6.16. The lowest BCUT2D eigenvalue weighted by molar-refractivity contribution is 0.627. The molecule has 2 aromatic rings. The highest BCUT2D eigenvalue weighted by atomic mass is 79.9. The first kappa shape index (κ1) is 13.5. The van der Waals surface area contributed by atoms with E-state index in [0.29, 0.717) is 11.4 Å². The second-order valence-electron chi connectivity index (χ2n) is 4.18. The van der Waals surface area contributed by atoms with Crippen LogP contribution in [0.25, 0.3) is 0 Å². The molecule has 0 radical (unpaired) electrons. The smallest absolute Gasteiger partial charge is 0.0738 e. The van der Waals surface area contributed by atoms with Crippen molar-refractivity contribution in [2.24, 2.45) is 12.8 Å². The Morgan fingerprint density at radius 1 is 1.50 bits per heavy atom. The van der Waals surface area contributed by atoms with Gasteiger partial charge in [0.1, 0.15) is 0 Å². The molecule has 0 aliphatic heterocycles. The van der Waals surface area contributed by atoms with E-state index in [0.717, 1.165) is 21.6 Å². The molecule has 1 unspecified atom stereocenters. The lowest BCUT2D eigenvalue weighted by Crippen LogP contribution is -2.16. The van der Waals surface area contributed by atoms with Crippen molar-refractivity contribution in [2.45, 2.75) is 19.4 Å². The van der Waals surface area contributed by atoms with Crippen LogP contribution < -0.4 is 5.73 Å². The molecule has 6 heteroatoms. The summed E-state index contributed by atoms with van der Waals surface area (Å²) < 4.78 is 2.85. The Labute approximate surface area is 119 Å². The summed E-state index contributed by atoms with van der Waals surface area (Å²) in [7, 11) is 1.91. The van der Waals surface area contributed by atoms with Crippen LogP contribution in [0.5, 0.6) is 0 Å². The number of hydrogen-bond donors (Lipinski definition) is 1. The molecule has 1 atom stereocenters. The summed E-state index contributed by atoms with van der Waals surface area (Å²) in [5, 5.41) is 4.96. The summed E-state index contributed by atoms with van der Waals surface area (Å²) in [5.74, 6) is 0. The number of nitrogens with zero attached hydrogens (tertiary/aromatic N) is 3. The second kappa shape index (κ2) is 5.38. The van der Waals surface area contributed by atoms with Crippen molar-refractivity contribution in [3.63, 3.8) is 0 Å². The molecule has 18 heavy (non-hydrogen) atoms. The van der Waals surface area contributed by atoms with Crippen LogP contribution in [-0.4, -0.2) is 14.8 Å². The van der Waals surface area contributed by atoms with Crippen molar-refractivity contribution in [3.8, 4) is 0 Å². The molecule has 0 aliphatic carbocycles. The standard InChI is InChI=1S/C12H14BrClN4/c1-7-12(13)11(18(2)17-7)5-9(15)10-4-3-8(14)6-16-10/h3-4,6,9H,5,15H2,1-2H3. The van der Waals surface area contributed by atoms with Crippen LogP contribution in [0.3, 0.4) is 0 Å². The average Bonchev–Trinajstić information content (AvgIpc) is 2.57. The quantitative estimate of drug-likeness (QED) is 0.942. The maximum absolute atomic E-state index is 6.16. The Morgan fingerprint density at radius 3 is 2.72 bits per heavy atom. The van der Waals surface area contributed by atoms with Gasteiger partial charge in [0.25, 0.3) is 0 Å². The maximum Gasteiger partial charge on any atom is 0.0738 e. The van der Waals surface area contributed by atoms with Crippen LogP contribution in [0.1, 0.15) is 23.1 Å². The monoisotopic (exact) mass is 328 g/mol. The zero-order valence-corrected chi connectivity index (χ0v) is 12.5. The largest absolute Gasteiger partial charge is 0.322 e. The van der Waals surface area contributed by atoms with E-state index in [1.165, 1.54) is 0 Å². The van der Waals surface area contributed by atoms with Gasteiger partial charge in [-0.3, -0.25) is 9.67 Å². The number of aromatic nitrogens is 3. The fourth-order valence-corrected chi connectivity index (χ4v) is 2.43. The van der Waals surface area contributed by atoms with Gasteiger partial charge >= 0.3 is 0 Å². The van der Waals surface area contributed by atoms with Gasteiger partial charge < -0.3 is 5.73 Å². The molecule has 0 fully saturated rings. The van der Waals surface area contributed by atoms with Crippen molar-refractivity contribution in [1.29, 1.82) is 0 Å². The Kier molecular flexibility index (Phi) is 4.04. The highest BCUT2D eigenvalue weighted by Gasteiger charge is 2.16. The van der Waals surface area contributed by atoms with Gasteiger partial charge in [-0.1, -0.05) is 11.6 Å². The topological polar surface area (TPSA) is 56.7 Å². The van der Waals surface area contributed by atoms with Crippen LogP contribution in [-0.2, 0) is 13.5 Å². The van der Waals surface area contributed by atoms with Crippen LogP contribution in [0.2, 0.25) is 5.02 Å². The minimum absolute atomic E-state index is 0.173. The van der Waals surface area contributed by atoms with E-state index in [-0.39, 0.29) is 6.04 Å². The minimum Gasteiger partial charge on any atom is -0.322 e. The van der Waals surface area contributed by atoms with Crippen molar-refractivity contribution in [1.82, 2.24) is 14.8 Å². The van der Waals surface area contributed by atoms with Gasteiger partial charge in [0, 0.05) is 19.7 Å². The molecule has 4 nitrogen and oxygen atoms in total. The second-order valence-corrected chi connectivity index (χ2v) is 5.41. The summed E-state index contributed by atoms with van der Waals surface area (Å²) in [5.41, 5.74) is 9.01. The predicted molar refractivity (Wildman–Crippen MR) is 75.5 cm³/mol. The first-order valence-electron chi connectivity index (χ1n) is 5.54. The molecular formula is C12H14BrClN4. The highest BCUT2D eigenvalue weighted by molar-refractivity contribution is 9.10. The summed E-state index contributed by atoms with van der Waals surface area (Å²) >= 11 is 9.34. The first-order chi connectivity index (χ1) is 8.49. The van der Waals surface area contributed by atoms with Crippen LogP contribution in [0.15, 0.2) is 22.8 Å². The zero-order valence-electron chi connectivity index (χ0n) is 10.2. The molecule has 0 amide bonds. The molecule has 0 saturated heterocycles. The molecule has 96 valence electrons. The van der Waals surface area contributed by atoms with Gasteiger partial charge in [-0.25, -0.2) is 0 Å². The van der Waals surface area contributed by atoms with Gasteiger partial charge in [0.2, 0.25) is 0 Å². The summed E-state index contributed by atoms with van der Waals surface area (Å²) in [6, 6.07) is 3.48. The summed E-state index contributed by atoms with van der Waals surface area (Å²) in [4.78, 5) is 4.24. The van der Waals surface area contributed by atoms with Crippen LogP contribution in [0.4, 0.5) is 0 Å². The fraction of sp³-hybridized carbons (Fsp3) is 0.333. The number of rotatable bonds is 3. The van der Waals surface area contributed by atoms with Gasteiger partial charge in [0.05, 0.1) is 32.6 Å². The van der Waals surface area contributed by atoms with E-state index in [4.69, 9.17) is 17.3 Å². The van der Waals surface area contributed by atoms with Crippen molar-refractivity contribution >= 4 is 27.5 Å². The first-order valence-corrected chi connectivity index (χ1v) is 6.71. The summed E-state index contributed by atoms with van der Waals surface area (Å²) in [6.45, 7) is 1.96. The SMILES string of the molecule is Cc1nn(C)c(CC(N)c2ccc(Cl)cn2)c1Br. The van der Waals surface area contributed by atoms with E-state index >= 15 is 0 Å². The molecule has 0 bridgehead atoms. The molecule has 2 aromatic heterocycles. The third-order valence-corrected chi connectivity index (χ3v) is 4.06. The molecule has 0 aliphatic rings. The van der Waals surface area contributed by atoms with Crippen LogP contribution in [0, 0.1) is 6.92 Å². The third kappa shape index (κ3) is 2.74. The number of halogens is 2. The van der Waals surface area contributed by atoms with E-state index in [1.807, 2.05) is 24.7 Å². The van der Waals surface area contributed by atoms with Crippen molar-refractivity contribution < 1.29 is 0 Å². The molecule has 2 rings (SSSR count). The Morgan fingerprint density at radius 2 is 2.22 bits per heavy atom. The lowest BCUT2D eigenvalue weighted by Gasteiger charge is -2.11. The van der Waals surface area contributed by atoms with Crippen molar-refractivity contribution in [3.05, 3.63) is 44.9 Å². The molecule has 2 heterocycles. The highest BCUT2D eigenvalue weighted by Crippen LogP contribution is 2.24. The molecule has 0 spiro atoms. The third-order valence-electron chi connectivity index (χ3n) is 2.81. The van der Waals surface area contributed by atoms with Gasteiger partial charge in [-0.05, 0) is 35.0 Å². The zero-order chi connectivity index (χ0) is 13.3. The van der Waals surface area contributed by atoms with Crippen molar-refractivity contribution in [2.75, 3.05) is 0 Å². The number of pyridine rings is 1. The molecule has 2 N–H and O–H groups in total. The Bertz CT molecular complexity index is 550.